The number of aromatic nitrogens is 2. The fraction of sp³-hybridized carbons (Fsp3) is 0.423. The topological polar surface area (TPSA) is 71.3 Å². The lowest BCUT2D eigenvalue weighted by molar-refractivity contribution is -0.121. The number of likely N-dealkylation sites (tertiary alicyclic amines) is 1. The Balaban J connectivity index is 1.16. The van der Waals surface area contributed by atoms with E-state index in [1.54, 1.807) is 12.1 Å². The largest absolute Gasteiger partial charge is 0.352 e. The molecule has 1 amide bonds. The number of hydrogen-bond acceptors (Lipinski definition) is 5. The standard InChI is InChI=1S/C26H31FN4O2/c27-23-14-12-22(13-15-23)26-29-25(33-30-26)7-5-6-24(32)28-18-20-8-10-21(11-9-20)19-31-16-3-1-2-4-17-31/h8-15H,1-7,16-19H2,(H,28,32). The first kappa shape index (κ1) is 23.1. The van der Waals surface area contributed by atoms with Gasteiger partial charge in [-0.1, -0.05) is 42.3 Å². The number of halogens is 1. The van der Waals surface area contributed by atoms with Crippen LogP contribution in [0.2, 0.25) is 0 Å². The number of rotatable bonds is 9. The summed E-state index contributed by atoms with van der Waals surface area (Å²) in [6, 6.07) is 14.5. The SMILES string of the molecule is O=C(CCCc1nc(-c2ccc(F)cc2)no1)NCc1ccc(CN2CCCCCC2)cc1. The average molecular weight is 451 g/mol. The predicted octanol–water partition coefficient (Wildman–Crippen LogP) is 4.89. The van der Waals surface area contributed by atoms with Gasteiger partial charge in [0.2, 0.25) is 17.6 Å². The molecule has 2 aromatic carbocycles. The number of hydrogen-bond donors (Lipinski definition) is 1. The molecule has 1 aliphatic heterocycles. The van der Waals surface area contributed by atoms with Gasteiger partial charge in [0.25, 0.3) is 0 Å². The highest BCUT2D eigenvalue weighted by Crippen LogP contribution is 2.17. The Morgan fingerprint density at radius 1 is 0.970 bits per heavy atom. The van der Waals surface area contributed by atoms with Crippen LogP contribution in [0.5, 0.6) is 0 Å². The molecule has 1 saturated heterocycles. The molecule has 1 N–H and O–H groups in total. The normalized spacial score (nSPS) is 14.7. The van der Waals surface area contributed by atoms with E-state index in [1.807, 2.05) is 0 Å². The molecular formula is C26H31FN4O2. The van der Waals surface area contributed by atoms with E-state index in [0.29, 0.717) is 43.1 Å². The molecule has 4 rings (SSSR count). The van der Waals surface area contributed by atoms with E-state index < -0.39 is 0 Å². The molecule has 1 fully saturated rings. The molecule has 1 aliphatic rings. The van der Waals surface area contributed by atoms with E-state index in [0.717, 1.165) is 12.1 Å². The second kappa shape index (κ2) is 11.7. The van der Waals surface area contributed by atoms with Gasteiger partial charge in [-0.15, -0.1) is 0 Å². The molecule has 2 heterocycles. The third-order valence-electron chi connectivity index (χ3n) is 5.98. The van der Waals surface area contributed by atoms with Crippen LogP contribution < -0.4 is 5.32 Å². The maximum atomic E-state index is 13.0. The third-order valence-corrected chi connectivity index (χ3v) is 5.98. The van der Waals surface area contributed by atoms with Gasteiger partial charge in [0.05, 0.1) is 0 Å². The molecule has 7 heteroatoms. The Morgan fingerprint density at radius 3 is 2.39 bits per heavy atom. The van der Waals surface area contributed by atoms with Gasteiger partial charge in [0, 0.05) is 31.5 Å². The zero-order valence-corrected chi connectivity index (χ0v) is 18.9. The molecule has 1 aromatic heterocycles. The van der Waals surface area contributed by atoms with Crippen LogP contribution in [0.4, 0.5) is 4.39 Å². The summed E-state index contributed by atoms with van der Waals surface area (Å²) in [4.78, 5) is 19.1. The van der Waals surface area contributed by atoms with Crippen molar-refractivity contribution >= 4 is 5.91 Å². The van der Waals surface area contributed by atoms with E-state index in [9.17, 15) is 9.18 Å². The van der Waals surface area contributed by atoms with Crippen molar-refractivity contribution < 1.29 is 13.7 Å². The number of carbonyl (C=O) groups excluding carboxylic acids is 1. The van der Waals surface area contributed by atoms with E-state index in [2.05, 4.69) is 44.6 Å². The minimum Gasteiger partial charge on any atom is -0.352 e. The van der Waals surface area contributed by atoms with Gasteiger partial charge in [0.1, 0.15) is 5.82 Å². The smallest absolute Gasteiger partial charge is 0.226 e. The Bertz CT molecular complexity index is 1010. The second-order valence-electron chi connectivity index (χ2n) is 8.66. The van der Waals surface area contributed by atoms with Crippen molar-refractivity contribution in [3.63, 3.8) is 0 Å². The van der Waals surface area contributed by atoms with Gasteiger partial charge < -0.3 is 9.84 Å². The van der Waals surface area contributed by atoms with Crippen molar-refractivity contribution in [2.24, 2.45) is 0 Å². The molecule has 3 aromatic rings. The first-order valence-corrected chi connectivity index (χ1v) is 11.8. The van der Waals surface area contributed by atoms with Crippen LogP contribution in [0.15, 0.2) is 53.1 Å². The number of amides is 1. The summed E-state index contributed by atoms with van der Waals surface area (Å²) in [6.07, 6.45) is 6.82. The van der Waals surface area contributed by atoms with Gasteiger partial charge in [-0.3, -0.25) is 9.69 Å². The first-order chi connectivity index (χ1) is 16.2. The van der Waals surface area contributed by atoms with Crippen molar-refractivity contribution in [2.75, 3.05) is 13.1 Å². The molecule has 0 bridgehead atoms. The Morgan fingerprint density at radius 2 is 1.67 bits per heavy atom. The molecule has 0 saturated carbocycles. The zero-order valence-electron chi connectivity index (χ0n) is 18.9. The fourth-order valence-electron chi connectivity index (χ4n) is 4.08. The number of aryl methyl sites for hydroxylation is 1. The molecule has 0 atom stereocenters. The number of benzene rings is 2. The third kappa shape index (κ3) is 7.22. The maximum absolute atomic E-state index is 13.0. The second-order valence-corrected chi connectivity index (χ2v) is 8.66. The van der Waals surface area contributed by atoms with E-state index in [1.165, 1.54) is 56.5 Å². The van der Waals surface area contributed by atoms with Crippen LogP contribution in [-0.2, 0) is 24.3 Å². The van der Waals surface area contributed by atoms with Crippen molar-refractivity contribution in [2.45, 2.75) is 58.0 Å². The zero-order chi connectivity index (χ0) is 22.9. The van der Waals surface area contributed by atoms with Crippen LogP contribution in [0.25, 0.3) is 11.4 Å². The summed E-state index contributed by atoms with van der Waals surface area (Å²) in [5, 5.41) is 6.91. The Kier molecular flexibility index (Phi) is 8.19. The number of nitrogens with one attached hydrogen (secondary N) is 1. The van der Waals surface area contributed by atoms with Crippen LogP contribution in [0.1, 0.15) is 55.5 Å². The van der Waals surface area contributed by atoms with E-state index in [-0.39, 0.29) is 11.7 Å². The van der Waals surface area contributed by atoms with Gasteiger partial charge >= 0.3 is 0 Å². The minimum absolute atomic E-state index is 0.00177. The van der Waals surface area contributed by atoms with Gasteiger partial charge in [0.15, 0.2) is 0 Å². The van der Waals surface area contributed by atoms with Crippen LogP contribution in [0.3, 0.4) is 0 Å². The highest BCUT2D eigenvalue weighted by Gasteiger charge is 2.11. The molecule has 33 heavy (non-hydrogen) atoms. The summed E-state index contributed by atoms with van der Waals surface area (Å²) >= 11 is 0. The van der Waals surface area contributed by atoms with E-state index in [4.69, 9.17) is 4.52 Å². The van der Waals surface area contributed by atoms with Crippen LogP contribution >= 0.6 is 0 Å². The highest BCUT2D eigenvalue weighted by atomic mass is 19.1. The lowest BCUT2D eigenvalue weighted by Gasteiger charge is -2.19. The molecule has 6 nitrogen and oxygen atoms in total. The first-order valence-electron chi connectivity index (χ1n) is 11.8. The number of carbonyl (C=O) groups is 1. The molecular weight excluding hydrogens is 419 g/mol. The molecule has 174 valence electrons. The van der Waals surface area contributed by atoms with Crippen LogP contribution in [-0.4, -0.2) is 34.0 Å². The Hall–Kier alpha value is -3.06. The lowest BCUT2D eigenvalue weighted by Crippen LogP contribution is -2.24. The predicted molar refractivity (Wildman–Crippen MR) is 125 cm³/mol. The Labute approximate surface area is 194 Å². The quantitative estimate of drug-likeness (QED) is 0.503. The van der Waals surface area contributed by atoms with Crippen molar-refractivity contribution in [1.82, 2.24) is 20.4 Å². The lowest BCUT2D eigenvalue weighted by atomic mass is 10.1. The summed E-state index contributed by atoms with van der Waals surface area (Å²) in [5.74, 6) is 0.593. The summed E-state index contributed by atoms with van der Waals surface area (Å²) in [5.41, 5.74) is 3.12. The van der Waals surface area contributed by atoms with Crippen molar-refractivity contribution in [3.8, 4) is 11.4 Å². The number of nitrogens with zero attached hydrogens (tertiary/aromatic N) is 3. The maximum Gasteiger partial charge on any atom is 0.226 e. The van der Waals surface area contributed by atoms with Crippen molar-refractivity contribution in [1.29, 1.82) is 0 Å². The summed E-state index contributed by atoms with van der Waals surface area (Å²) in [7, 11) is 0. The monoisotopic (exact) mass is 450 g/mol. The molecule has 0 radical (unpaired) electrons. The van der Waals surface area contributed by atoms with Crippen molar-refractivity contribution in [3.05, 3.63) is 71.4 Å². The highest BCUT2D eigenvalue weighted by molar-refractivity contribution is 5.75. The van der Waals surface area contributed by atoms with Gasteiger partial charge in [-0.25, -0.2) is 4.39 Å². The minimum atomic E-state index is -0.308. The summed E-state index contributed by atoms with van der Waals surface area (Å²) < 4.78 is 18.3. The van der Waals surface area contributed by atoms with Gasteiger partial charge in [-0.2, -0.15) is 4.98 Å². The average Bonchev–Trinajstić information content (AvgIpc) is 3.15. The molecule has 0 spiro atoms. The van der Waals surface area contributed by atoms with E-state index >= 15 is 0 Å². The molecule has 0 aliphatic carbocycles. The fourth-order valence-corrected chi connectivity index (χ4v) is 4.08. The van der Waals surface area contributed by atoms with Crippen LogP contribution in [0, 0.1) is 5.82 Å². The summed E-state index contributed by atoms with van der Waals surface area (Å²) in [6.45, 7) is 3.91. The van der Waals surface area contributed by atoms with Gasteiger partial charge in [-0.05, 0) is 67.7 Å². The molecule has 0 unspecified atom stereocenters.